The van der Waals surface area contributed by atoms with Gasteiger partial charge in [-0.3, -0.25) is 9.98 Å². The van der Waals surface area contributed by atoms with E-state index >= 15 is 0 Å². The van der Waals surface area contributed by atoms with Crippen LogP contribution in [0.2, 0.25) is 0 Å². The van der Waals surface area contributed by atoms with E-state index in [2.05, 4.69) is 17.1 Å². The number of hydrogen-bond donors (Lipinski definition) is 1. The van der Waals surface area contributed by atoms with Crippen molar-refractivity contribution in [3.8, 4) is 0 Å². The van der Waals surface area contributed by atoms with E-state index in [1.165, 1.54) is 0 Å². The van der Waals surface area contributed by atoms with E-state index in [1.54, 1.807) is 6.20 Å². The Morgan fingerprint density at radius 3 is 2.86 bits per heavy atom. The molecular formula is C18H19N3. The molecule has 0 saturated carbocycles. The van der Waals surface area contributed by atoms with Gasteiger partial charge in [0.25, 0.3) is 0 Å². The van der Waals surface area contributed by atoms with Crippen molar-refractivity contribution >= 4 is 5.71 Å². The first-order valence-corrected chi connectivity index (χ1v) is 7.03. The van der Waals surface area contributed by atoms with Crippen LogP contribution in [-0.2, 0) is 0 Å². The van der Waals surface area contributed by atoms with Gasteiger partial charge in [-0.05, 0) is 49.8 Å². The quantitative estimate of drug-likeness (QED) is 0.851. The van der Waals surface area contributed by atoms with Crippen molar-refractivity contribution in [2.75, 3.05) is 0 Å². The lowest BCUT2D eigenvalue weighted by Crippen LogP contribution is -2.06. The maximum Gasteiger partial charge on any atom is 0.0898 e. The summed E-state index contributed by atoms with van der Waals surface area (Å²) in [4.78, 5) is 9.12. The van der Waals surface area contributed by atoms with Gasteiger partial charge in [0, 0.05) is 17.5 Å². The third-order valence-electron chi connectivity index (χ3n) is 3.13. The summed E-state index contributed by atoms with van der Waals surface area (Å²) >= 11 is 0. The highest BCUT2D eigenvalue weighted by molar-refractivity contribution is 6.09. The minimum atomic E-state index is -0.0358. The van der Waals surface area contributed by atoms with Gasteiger partial charge in [-0.15, -0.1) is 0 Å². The molecule has 0 radical (unpaired) electrons. The zero-order valence-electron chi connectivity index (χ0n) is 12.4. The monoisotopic (exact) mass is 277 g/mol. The molecule has 0 fully saturated rings. The lowest BCUT2D eigenvalue weighted by Gasteiger charge is -2.09. The lowest BCUT2D eigenvalue weighted by atomic mass is 10.1. The molecule has 0 spiro atoms. The molecule has 0 bridgehead atoms. The predicted molar refractivity (Wildman–Crippen MR) is 85.9 cm³/mol. The topological polar surface area (TPSA) is 51.3 Å². The third-order valence-corrected chi connectivity index (χ3v) is 3.13. The van der Waals surface area contributed by atoms with Gasteiger partial charge in [0.1, 0.15) is 0 Å². The van der Waals surface area contributed by atoms with Gasteiger partial charge in [-0.1, -0.05) is 25.1 Å². The largest absolute Gasteiger partial charge is 0.402 e. The fourth-order valence-corrected chi connectivity index (χ4v) is 1.88. The van der Waals surface area contributed by atoms with E-state index in [0.29, 0.717) is 0 Å². The van der Waals surface area contributed by atoms with E-state index in [0.717, 1.165) is 29.1 Å². The molecule has 2 aromatic rings. The number of hydrogen-bond acceptors (Lipinski definition) is 3. The Labute approximate surface area is 126 Å². The highest BCUT2D eigenvalue weighted by atomic mass is 14.8. The Morgan fingerprint density at radius 2 is 2.24 bits per heavy atom. The first kappa shape index (κ1) is 14.8. The molecular weight excluding hydrogens is 258 g/mol. The highest BCUT2D eigenvalue weighted by Crippen LogP contribution is 2.16. The Kier molecular flexibility index (Phi) is 5.11. The number of allylic oxidation sites excluding steroid dienone is 2. The smallest absolute Gasteiger partial charge is 0.0898 e. The number of pyridine rings is 1. The van der Waals surface area contributed by atoms with Crippen LogP contribution in [0.3, 0.4) is 0 Å². The minimum Gasteiger partial charge on any atom is -0.402 e. The standard InChI is InChI=1S/C18H19N3/c1-3-16(19)13-18(15-9-5-4-6-10-15)21-14(2)17-11-7-8-12-20-17/h5,7-14H,3,19H2,1-2H3/b16-13+,21-18?. The van der Waals surface area contributed by atoms with E-state index in [-0.39, 0.29) is 6.04 Å². The Morgan fingerprint density at radius 1 is 1.38 bits per heavy atom. The number of aliphatic imine (C=N–C) groups is 1. The molecule has 0 amide bonds. The van der Waals surface area contributed by atoms with Crippen LogP contribution in [0.1, 0.15) is 37.6 Å². The van der Waals surface area contributed by atoms with Crippen LogP contribution in [0.4, 0.5) is 0 Å². The molecule has 1 aromatic carbocycles. The van der Waals surface area contributed by atoms with Crippen molar-refractivity contribution in [1.82, 2.24) is 4.98 Å². The fraction of sp³-hybridized carbons (Fsp3) is 0.222. The molecule has 0 aliphatic carbocycles. The van der Waals surface area contributed by atoms with Crippen LogP contribution in [0.5, 0.6) is 0 Å². The van der Waals surface area contributed by atoms with Crippen LogP contribution >= 0.6 is 0 Å². The zero-order chi connectivity index (χ0) is 15.1. The molecule has 106 valence electrons. The second-order valence-corrected chi connectivity index (χ2v) is 4.74. The van der Waals surface area contributed by atoms with Gasteiger partial charge >= 0.3 is 0 Å². The average Bonchev–Trinajstić information content (AvgIpc) is 2.55. The van der Waals surface area contributed by atoms with Gasteiger partial charge in [0.2, 0.25) is 0 Å². The lowest BCUT2D eigenvalue weighted by molar-refractivity contribution is 0.784. The van der Waals surface area contributed by atoms with Crippen LogP contribution in [0.15, 0.2) is 59.4 Å². The second-order valence-electron chi connectivity index (χ2n) is 4.74. The van der Waals surface area contributed by atoms with Crippen molar-refractivity contribution in [3.63, 3.8) is 0 Å². The summed E-state index contributed by atoms with van der Waals surface area (Å²) < 4.78 is 0. The minimum absolute atomic E-state index is 0.0358. The van der Waals surface area contributed by atoms with Crippen LogP contribution in [0, 0.1) is 12.1 Å². The van der Waals surface area contributed by atoms with Crippen LogP contribution in [0.25, 0.3) is 0 Å². The number of aromatic nitrogens is 1. The van der Waals surface area contributed by atoms with E-state index in [9.17, 15) is 0 Å². The first-order valence-electron chi connectivity index (χ1n) is 7.03. The van der Waals surface area contributed by atoms with E-state index in [4.69, 9.17) is 10.7 Å². The Balaban J connectivity index is 2.38. The average molecular weight is 277 g/mol. The Hall–Kier alpha value is -2.60. The molecule has 1 unspecified atom stereocenters. The SMILES string of the molecule is CC/C(N)=C\C(=NC(C)c1ccccn1)c1cc#ccc1. The first-order chi connectivity index (χ1) is 10.2. The summed E-state index contributed by atoms with van der Waals surface area (Å²) in [6, 6.07) is 17.3. The maximum absolute atomic E-state index is 5.97. The van der Waals surface area contributed by atoms with Gasteiger partial charge in [-0.25, -0.2) is 0 Å². The molecule has 0 aliphatic heterocycles. The second kappa shape index (κ2) is 7.25. The molecule has 1 heterocycles. The van der Waals surface area contributed by atoms with Gasteiger partial charge < -0.3 is 5.73 Å². The van der Waals surface area contributed by atoms with Crippen molar-refractivity contribution < 1.29 is 0 Å². The Bertz CT molecular complexity index is 615. The molecule has 0 aliphatic rings. The van der Waals surface area contributed by atoms with Crippen LogP contribution in [-0.4, -0.2) is 10.7 Å². The van der Waals surface area contributed by atoms with Crippen molar-refractivity contribution in [3.05, 3.63) is 77.8 Å². The summed E-state index contributed by atoms with van der Waals surface area (Å²) in [6.45, 7) is 4.05. The number of rotatable bonds is 5. The van der Waals surface area contributed by atoms with Crippen molar-refractivity contribution in [2.24, 2.45) is 10.7 Å². The summed E-state index contributed by atoms with van der Waals surface area (Å²) in [5.74, 6) is 0. The van der Waals surface area contributed by atoms with Crippen LogP contribution < -0.4 is 5.73 Å². The fourth-order valence-electron chi connectivity index (χ4n) is 1.88. The third kappa shape index (κ3) is 4.19. The molecule has 3 heteroatoms. The molecule has 21 heavy (non-hydrogen) atoms. The molecule has 2 N–H and O–H groups in total. The number of nitrogens with zero attached hydrogens (tertiary/aromatic N) is 2. The summed E-state index contributed by atoms with van der Waals surface area (Å²) in [5, 5.41) is 0. The van der Waals surface area contributed by atoms with E-state index < -0.39 is 0 Å². The summed E-state index contributed by atoms with van der Waals surface area (Å²) in [5.41, 5.74) is 9.53. The molecule has 2 rings (SSSR count). The molecule has 0 saturated heterocycles. The number of nitrogens with two attached hydrogens (primary N) is 1. The zero-order valence-corrected chi connectivity index (χ0v) is 12.4. The molecule has 1 aromatic heterocycles. The molecule has 3 nitrogen and oxygen atoms in total. The van der Waals surface area contributed by atoms with Crippen molar-refractivity contribution in [1.29, 1.82) is 0 Å². The summed E-state index contributed by atoms with van der Waals surface area (Å²) in [7, 11) is 0. The summed E-state index contributed by atoms with van der Waals surface area (Å²) in [6.07, 6.45) is 4.49. The van der Waals surface area contributed by atoms with Gasteiger partial charge in [-0.2, -0.15) is 0 Å². The predicted octanol–water partition coefficient (Wildman–Crippen LogP) is 3.48. The highest BCUT2D eigenvalue weighted by Gasteiger charge is 2.07. The molecule has 1 atom stereocenters. The maximum atomic E-state index is 5.97. The van der Waals surface area contributed by atoms with Crippen molar-refractivity contribution in [2.45, 2.75) is 26.3 Å². The van der Waals surface area contributed by atoms with E-state index in [1.807, 2.05) is 56.3 Å². The van der Waals surface area contributed by atoms with Gasteiger partial charge in [0.15, 0.2) is 0 Å². The normalized spacial score (nSPS) is 13.6. The van der Waals surface area contributed by atoms with Gasteiger partial charge in [0.05, 0.1) is 17.4 Å².